The van der Waals surface area contributed by atoms with Gasteiger partial charge in [0.2, 0.25) is 10.0 Å². The number of rotatable bonds is 3. The van der Waals surface area contributed by atoms with Crippen molar-refractivity contribution in [2.24, 2.45) is 11.7 Å². The maximum Gasteiger partial charge on any atom is 0.246 e. The van der Waals surface area contributed by atoms with Crippen molar-refractivity contribution in [2.75, 3.05) is 13.1 Å². The van der Waals surface area contributed by atoms with Crippen LogP contribution in [0.3, 0.4) is 0 Å². The number of hydrogen-bond donors (Lipinski definition) is 2. The fourth-order valence-electron chi connectivity index (χ4n) is 2.65. The first-order valence-corrected chi connectivity index (χ1v) is 7.55. The van der Waals surface area contributed by atoms with Crippen LogP contribution in [0.1, 0.15) is 24.7 Å². The van der Waals surface area contributed by atoms with Gasteiger partial charge in [0.1, 0.15) is 4.90 Å². The maximum atomic E-state index is 12.6. The molecule has 0 spiro atoms. The Morgan fingerprint density at radius 3 is 2.53 bits per heavy atom. The molecule has 2 heterocycles. The fraction of sp³-hybridized carbons (Fsp3) is 0.727. The highest BCUT2D eigenvalue weighted by atomic mass is 35.5. The minimum atomic E-state index is -3.46. The quantitative estimate of drug-likeness (QED) is 0.864. The van der Waals surface area contributed by atoms with E-state index in [-0.39, 0.29) is 24.4 Å². The zero-order valence-electron chi connectivity index (χ0n) is 11.4. The molecule has 1 aromatic heterocycles. The third kappa shape index (κ3) is 2.79. The largest absolute Gasteiger partial charge is 0.330 e. The van der Waals surface area contributed by atoms with E-state index in [1.54, 1.807) is 18.2 Å². The molecule has 0 saturated carbocycles. The summed E-state index contributed by atoms with van der Waals surface area (Å²) in [6.07, 6.45) is 0.825. The van der Waals surface area contributed by atoms with E-state index < -0.39 is 10.0 Å². The lowest BCUT2D eigenvalue weighted by atomic mass is 10.1. The minimum absolute atomic E-state index is 0. The third-order valence-electron chi connectivity index (χ3n) is 3.56. The zero-order valence-corrected chi connectivity index (χ0v) is 13.0. The first-order chi connectivity index (χ1) is 8.37. The molecular formula is C11H21ClN4O2S. The van der Waals surface area contributed by atoms with Gasteiger partial charge in [-0.2, -0.15) is 9.40 Å². The normalized spacial score (nSPS) is 24.4. The predicted molar refractivity (Wildman–Crippen MR) is 75.8 cm³/mol. The van der Waals surface area contributed by atoms with Crippen LogP contribution in [0.2, 0.25) is 0 Å². The van der Waals surface area contributed by atoms with Crippen LogP contribution in [0.15, 0.2) is 4.90 Å². The molecule has 8 heteroatoms. The van der Waals surface area contributed by atoms with Crippen LogP contribution in [0, 0.1) is 19.8 Å². The van der Waals surface area contributed by atoms with Crippen molar-refractivity contribution in [1.82, 2.24) is 14.5 Å². The van der Waals surface area contributed by atoms with Crippen molar-refractivity contribution in [3.8, 4) is 0 Å². The van der Waals surface area contributed by atoms with E-state index >= 15 is 0 Å². The van der Waals surface area contributed by atoms with Crippen LogP contribution in [0.5, 0.6) is 0 Å². The Balaban J connectivity index is 0.00000180. The SMILES string of the molecule is Cc1n[nH]c(C)c1S(=O)(=O)N1CC(CN)CC1C.Cl. The fourth-order valence-corrected chi connectivity index (χ4v) is 4.71. The molecule has 2 unspecified atom stereocenters. The lowest BCUT2D eigenvalue weighted by Gasteiger charge is -2.21. The van der Waals surface area contributed by atoms with Crippen LogP contribution in [-0.2, 0) is 10.0 Å². The molecule has 0 amide bonds. The van der Waals surface area contributed by atoms with Gasteiger partial charge in [-0.15, -0.1) is 12.4 Å². The Morgan fingerprint density at radius 1 is 1.47 bits per heavy atom. The van der Waals surface area contributed by atoms with Crippen LogP contribution in [0.25, 0.3) is 0 Å². The molecule has 2 atom stereocenters. The number of sulfonamides is 1. The van der Waals surface area contributed by atoms with Crippen molar-refractivity contribution < 1.29 is 8.42 Å². The summed E-state index contributed by atoms with van der Waals surface area (Å²) >= 11 is 0. The van der Waals surface area contributed by atoms with Crippen molar-refractivity contribution in [2.45, 2.75) is 38.1 Å². The number of nitrogens with one attached hydrogen (secondary N) is 1. The van der Waals surface area contributed by atoms with Gasteiger partial charge in [-0.3, -0.25) is 5.10 Å². The van der Waals surface area contributed by atoms with Crippen molar-refractivity contribution in [3.05, 3.63) is 11.4 Å². The van der Waals surface area contributed by atoms with Gasteiger partial charge in [0.25, 0.3) is 0 Å². The summed E-state index contributed by atoms with van der Waals surface area (Å²) in [4.78, 5) is 0.312. The predicted octanol–water partition coefficient (Wildman–Crippen LogP) is 0.806. The molecule has 0 aliphatic carbocycles. The summed E-state index contributed by atoms with van der Waals surface area (Å²) in [5, 5.41) is 6.69. The van der Waals surface area contributed by atoms with E-state index in [2.05, 4.69) is 10.2 Å². The number of hydrogen-bond acceptors (Lipinski definition) is 4. The highest BCUT2D eigenvalue weighted by molar-refractivity contribution is 7.89. The van der Waals surface area contributed by atoms with Gasteiger partial charge in [-0.1, -0.05) is 0 Å². The molecule has 19 heavy (non-hydrogen) atoms. The average Bonchev–Trinajstić information content (AvgIpc) is 2.82. The van der Waals surface area contributed by atoms with Crippen LogP contribution in [0.4, 0.5) is 0 Å². The molecule has 110 valence electrons. The number of nitrogens with two attached hydrogens (primary N) is 1. The number of H-pyrrole nitrogens is 1. The van der Waals surface area contributed by atoms with Crippen LogP contribution >= 0.6 is 12.4 Å². The summed E-state index contributed by atoms with van der Waals surface area (Å²) in [5.74, 6) is 0.252. The van der Waals surface area contributed by atoms with Gasteiger partial charge in [0.15, 0.2) is 0 Å². The lowest BCUT2D eigenvalue weighted by Crippen LogP contribution is -2.35. The van der Waals surface area contributed by atoms with Crippen LogP contribution < -0.4 is 5.73 Å². The molecule has 1 aliphatic rings. The van der Waals surface area contributed by atoms with E-state index in [4.69, 9.17) is 5.73 Å². The average molecular weight is 309 g/mol. The van der Waals surface area contributed by atoms with Crippen LogP contribution in [-0.4, -0.2) is 42.1 Å². The standard InChI is InChI=1S/C11H20N4O2S.ClH/c1-7-4-10(5-12)6-15(7)18(16,17)11-8(2)13-14-9(11)3;/h7,10H,4-6,12H2,1-3H3,(H,13,14);1H. The van der Waals surface area contributed by atoms with Crippen molar-refractivity contribution in [3.63, 3.8) is 0 Å². The Kier molecular flexibility index (Phi) is 5.00. The van der Waals surface area contributed by atoms with Gasteiger partial charge in [-0.05, 0) is 39.7 Å². The molecule has 0 bridgehead atoms. The second kappa shape index (κ2) is 5.78. The number of halogens is 1. The van der Waals surface area contributed by atoms with Gasteiger partial charge < -0.3 is 5.73 Å². The van der Waals surface area contributed by atoms with E-state index in [0.717, 1.165) is 6.42 Å². The number of aromatic amines is 1. The van der Waals surface area contributed by atoms with Gasteiger partial charge in [-0.25, -0.2) is 8.42 Å². The van der Waals surface area contributed by atoms with Crippen molar-refractivity contribution in [1.29, 1.82) is 0 Å². The van der Waals surface area contributed by atoms with E-state index in [1.165, 1.54) is 0 Å². The Labute approximate surface area is 120 Å². The third-order valence-corrected chi connectivity index (χ3v) is 5.81. The summed E-state index contributed by atoms with van der Waals surface area (Å²) in [6, 6.07) is -0.00255. The second-order valence-electron chi connectivity index (χ2n) is 5.02. The molecular weight excluding hydrogens is 288 g/mol. The molecule has 1 fully saturated rings. The molecule has 2 rings (SSSR count). The molecule has 1 aromatic rings. The highest BCUT2D eigenvalue weighted by Gasteiger charge is 2.39. The molecule has 1 saturated heterocycles. The van der Waals surface area contributed by atoms with Crippen molar-refractivity contribution >= 4 is 22.4 Å². The Morgan fingerprint density at radius 2 is 2.11 bits per heavy atom. The topological polar surface area (TPSA) is 92.1 Å². The first kappa shape index (κ1) is 16.4. The highest BCUT2D eigenvalue weighted by Crippen LogP contribution is 2.30. The summed E-state index contributed by atoms with van der Waals surface area (Å²) in [5.41, 5.74) is 6.76. The van der Waals surface area contributed by atoms with Gasteiger partial charge in [0.05, 0.1) is 11.4 Å². The minimum Gasteiger partial charge on any atom is -0.330 e. The maximum absolute atomic E-state index is 12.6. The molecule has 1 aliphatic heterocycles. The van der Waals surface area contributed by atoms with Gasteiger partial charge >= 0.3 is 0 Å². The second-order valence-corrected chi connectivity index (χ2v) is 6.85. The number of aromatic nitrogens is 2. The summed E-state index contributed by atoms with van der Waals surface area (Å²) < 4.78 is 26.8. The molecule has 0 radical (unpaired) electrons. The van der Waals surface area contributed by atoms with E-state index in [9.17, 15) is 8.42 Å². The molecule has 0 aromatic carbocycles. The van der Waals surface area contributed by atoms with Gasteiger partial charge in [0, 0.05) is 12.6 Å². The Hall–Kier alpha value is -0.630. The first-order valence-electron chi connectivity index (χ1n) is 6.11. The smallest absolute Gasteiger partial charge is 0.246 e. The molecule has 3 N–H and O–H groups in total. The molecule has 6 nitrogen and oxygen atoms in total. The monoisotopic (exact) mass is 308 g/mol. The summed E-state index contributed by atoms with van der Waals surface area (Å²) in [6.45, 7) is 6.40. The Bertz CT molecular complexity index is 523. The van der Waals surface area contributed by atoms with E-state index in [1.807, 2.05) is 6.92 Å². The number of nitrogens with zero attached hydrogens (tertiary/aromatic N) is 2. The number of aryl methyl sites for hydroxylation is 2. The van der Waals surface area contributed by atoms with E-state index in [0.29, 0.717) is 29.4 Å². The summed E-state index contributed by atoms with van der Waals surface area (Å²) in [7, 11) is -3.46. The zero-order chi connectivity index (χ0) is 13.5. The lowest BCUT2D eigenvalue weighted by molar-refractivity contribution is 0.404.